The number of benzene rings is 3. The summed E-state index contributed by atoms with van der Waals surface area (Å²) < 4.78 is 7.15. The standard InChI is InChI=1S/C25H22Cl2N4O2S/c1-16-7-3-4-8-17(16)15-34-25-30-29-23(31(25)21-12-11-18(26)13-20(21)27)14-28-24(32)19-9-5-6-10-22(19)33-2/h3-13H,14-15H2,1-2H3,(H,28,32). The van der Waals surface area contributed by atoms with Gasteiger partial charge in [0.1, 0.15) is 5.75 Å². The number of methoxy groups -OCH3 is 1. The summed E-state index contributed by atoms with van der Waals surface area (Å²) in [6.07, 6.45) is 0. The maximum atomic E-state index is 12.8. The second kappa shape index (κ2) is 11.0. The van der Waals surface area contributed by atoms with E-state index in [1.165, 1.54) is 18.2 Å². The van der Waals surface area contributed by atoms with E-state index in [9.17, 15) is 4.79 Å². The Hall–Kier alpha value is -3.00. The fraction of sp³-hybridized carbons (Fsp3) is 0.160. The van der Waals surface area contributed by atoms with E-state index in [0.717, 1.165) is 0 Å². The van der Waals surface area contributed by atoms with E-state index in [0.29, 0.717) is 43.8 Å². The first kappa shape index (κ1) is 24.1. The normalized spacial score (nSPS) is 10.8. The molecule has 0 aliphatic carbocycles. The number of ether oxygens (including phenoxy) is 1. The summed E-state index contributed by atoms with van der Waals surface area (Å²) in [6.45, 7) is 2.23. The minimum Gasteiger partial charge on any atom is -0.496 e. The monoisotopic (exact) mass is 512 g/mol. The van der Waals surface area contributed by atoms with Crippen molar-refractivity contribution in [3.63, 3.8) is 0 Å². The highest BCUT2D eigenvalue weighted by molar-refractivity contribution is 7.98. The van der Waals surface area contributed by atoms with Crippen LogP contribution in [0, 0.1) is 6.92 Å². The lowest BCUT2D eigenvalue weighted by molar-refractivity contribution is 0.0946. The molecule has 9 heteroatoms. The van der Waals surface area contributed by atoms with Crippen LogP contribution in [0.4, 0.5) is 0 Å². The van der Waals surface area contributed by atoms with Gasteiger partial charge in [-0.3, -0.25) is 9.36 Å². The van der Waals surface area contributed by atoms with Crippen molar-refractivity contribution >= 4 is 40.9 Å². The summed E-state index contributed by atoms with van der Waals surface area (Å²) in [5, 5.41) is 13.3. The number of nitrogens with zero attached hydrogens (tertiary/aromatic N) is 3. The Morgan fingerprint density at radius 3 is 2.59 bits per heavy atom. The fourth-order valence-electron chi connectivity index (χ4n) is 3.41. The van der Waals surface area contributed by atoms with Crippen molar-refractivity contribution in [1.29, 1.82) is 0 Å². The Morgan fingerprint density at radius 2 is 1.82 bits per heavy atom. The van der Waals surface area contributed by atoms with Crippen molar-refractivity contribution in [1.82, 2.24) is 20.1 Å². The van der Waals surface area contributed by atoms with Gasteiger partial charge in [-0.1, -0.05) is 71.4 Å². The molecule has 4 aromatic rings. The Labute approximate surface area is 212 Å². The van der Waals surface area contributed by atoms with Gasteiger partial charge in [-0.15, -0.1) is 10.2 Å². The molecule has 0 spiro atoms. The molecule has 6 nitrogen and oxygen atoms in total. The van der Waals surface area contributed by atoms with E-state index in [-0.39, 0.29) is 12.5 Å². The topological polar surface area (TPSA) is 69.0 Å². The lowest BCUT2D eigenvalue weighted by atomic mass is 10.1. The van der Waals surface area contributed by atoms with Crippen molar-refractivity contribution in [2.24, 2.45) is 0 Å². The van der Waals surface area contributed by atoms with E-state index >= 15 is 0 Å². The lowest BCUT2D eigenvalue weighted by Crippen LogP contribution is -2.25. The van der Waals surface area contributed by atoms with E-state index in [1.807, 2.05) is 28.8 Å². The Bertz CT molecular complexity index is 1330. The first-order chi connectivity index (χ1) is 16.5. The molecular weight excluding hydrogens is 491 g/mol. The fourth-order valence-corrected chi connectivity index (χ4v) is 4.95. The van der Waals surface area contributed by atoms with Crippen molar-refractivity contribution in [3.8, 4) is 11.4 Å². The zero-order valence-electron chi connectivity index (χ0n) is 18.6. The Kier molecular flexibility index (Phi) is 7.77. The number of aryl methyl sites for hydroxylation is 1. The maximum Gasteiger partial charge on any atom is 0.255 e. The maximum absolute atomic E-state index is 12.8. The van der Waals surface area contributed by atoms with Crippen LogP contribution in [0.5, 0.6) is 5.75 Å². The molecule has 0 radical (unpaired) electrons. The smallest absolute Gasteiger partial charge is 0.255 e. The molecule has 0 saturated heterocycles. The van der Waals surface area contributed by atoms with E-state index in [2.05, 4.69) is 34.6 Å². The molecule has 0 saturated carbocycles. The highest BCUT2D eigenvalue weighted by atomic mass is 35.5. The molecule has 1 amide bonds. The van der Waals surface area contributed by atoms with Crippen molar-refractivity contribution in [3.05, 3.63) is 99.3 Å². The highest BCUT2D eigenvalue weighted by Gasteiger charge is 2.19. The number of thioether (sulfide) groups is 1. The average molecular weight is 513 g/mol. The molecular formula is C25H22Cl2N4O2S. The third-order valence-corrected chi connectivity index (χ3v) is 6.74. The first-order valence-electron chi connectivity index (χ1n) is 10.5. The van der Waals surface area contributed by atoms with Gasteiger partial charge in [0, 0.05) is 10.8 Å². The zero-order chi connectivity index (χ0) is 24.1. The molecule has 0 aliphatic heterocycles. The van der Waals surface area contributed by atoms with Gasteiger partial charge in [0.15, 0.2) is 11.0 Å². The second-order valence-corrected chi connectivity index (χ2v) is 9.21. The molecule has 0 atom stereocenters. The van der Waals surface area contributed by atoms with Crippen molar-refractivity contribution in [2.45, 2.75) is 24.4 Å². The summed E-state index contributed by atoms with van der Waals surface area (Å²) in [5.74, 6) is 1.48. The third kappa shape index (κ3) is 5.38. The number of halogens is 2. The molecule has 1 aromatic heterocycles. The Morgan fingerprint density at radius 1 is 1.06 bits per heavy atom. The molecule has 34 heavy (non-hydrogen) atoms. The molecule has 0 bridgehead atoms. The molecule has 0 fully saturated rings. The summed E-state index contributed by atoms with van der Waals surface area (Å²) in [7, 11) is 1.53. The van der Waals surface area contributed by atoms with Gasteiger partial charge in [-0.25, -0.2) is 0 Å². The molecule has 3 aromatic carbocycles. The van der Waals surface area contributed by atoms with Gasteiger partial charge >= 0.3 is 0 Å². The predicted octanol–water partition coefficient (Wildman–Crippen LogP) is 6.11. The summed E-state index contributed by atoms with van der Waals surface area (Å²) in [5.41, 5.74) is 3.53. The van der Waals surface area contributed by atoms with Gasteiger partial charge in [-0.2, -0.15) is 0 Å². The van der Waals surface area contributed by atoms with E-state index in [4.69, 9.17) is 27.9 Å². The average Bonchev–Trinajstić information content (AvgIpc) is 3.24. The number of nitrogens with one attached hydrogen (secondary N) is 1. The SMILES string of the molecule is COc1ccccc1C(=O)NCc1nnc(SCc2ccccc2C)n1-c1ccc(Cl)cc1Cl. The molecule has 0 aliphatic rings. The minimum atomic E-state index is -0.275. The number of carbonyl (C=O) groups excluding carboxylic acids is 1. The number of para-hydroxylation sites is 1. The summed E-state index contributed by atoms with van der Waals surface area (Å²) >= 11 is 14.2. The van der Waals surface area contributed by atoms with Gasteiger partial charge in [0.2, 0.25) is 0 Å². The molecule has 1 N–H and O–H groups in total. The minimum absolute atomic E-state index is 0.147. The molecule has 0 unspecified atom stereocenters. The molecule has 1 heterocycles. The lowest BCUT2D eigenvalue weighted by Gasteiger charge is -2.13. The van der Waals surface area contributed by atoms with Crippen LogP contribution < -0.4 is 10.1 Å². The van der Waals surface area contributed by atoms with Crippen molar-refractivity contribution in [2.75, 3.05) is 7.11 Å². The van der Waals surface area contributed by atoms with Crippen LogP contribution in [0.25, 0.3) is 5.69 Å². The predicted molar refractivity (Wildman–Crippen MR) is 136 cm³/mol. The quantitative estimate of drug-likeness (QED) is 0.288. The number of hydrogen-bond donors (Lipinski definition) is 1. The van der Waals surface area contributed by atoms with Crippen LogP contribution in [0.15, 0.2) is 71.9 Å². The number of amides is 1. The first-order valence-corrected chi connectivity index (χ1v) is 12.2. The number of carbonyl (C=O) groups is 1. The van der Waals surface area contributed by atoms with E-state index in [1.54, 1.807) is 42.1 Å². The van der Waals surface area contributed by atoms with Crippen LogP contribution in [-0.2, 0) is 12.3 Å². The molecule has 4 rings (SSSR count). The van der Waals surface area contributed by atoms with Crippen LogP contribution in [-0.4, -0.2) is 27.8 Å². The second-order valence-electron chi connectivity index (χ2n) is 7.43. The summed E-state index contributed by atoms with van der Waals surface area (Å²) in [4.78, 5) is 12.8. The van der Waals surface area contributed by atoms with Crippen LogP contribution in [0.1, 0.15) is 27.3 Å². The van der Waals surface area contributed by atoms with Crippen molar-refractivity contribution < 1.29 is 9.53 Å². The van der Waals surface area contributed by atoms with Crippen LogP contribution in [0.3, 0.4) is 0 Å². The van der Waals surface area contributed by atoms with Gasteiger partial charge in [0.05, 0.1) is 29.9 Å². The van der Waals surface area contributed by atoms with Crippen LogP contribution in [0.2, 0.25) is 10.0 Å². The van der Waals surface area contributed by atoms with E-state index < -0.39 is 0 Å². The largest absolute Gasteiger partial charge is 0.496 e. The number of hydrogen-bond acceptors (Lipinski definition) is 5. The van der Waals surface area contributed by atoms with Gasteiger partial charge in [0.25, 0.3) is 5.91 Å². The summed E-state index contributed by atoms with van der Waals surface area (Å²) in [6, 6.07) is 20.5. The van der Waals surface area contributed by atoms with Gasteiger partial charge in [-0.05, 0) is 48.4 Å². The van der Waals surface area contributed by atoms with Crippen LogP contribution >= 0.6 is 35.0 Å². The third-order valence-electron chi connectivity index (χ3n) is 5.23. The number of aromatic nitrogens is 3. The molecule has 174 valence electrons. The Balaban J connectivity index is 1.63. The number of rotatable bonds is 8. The highest BCUT2D eigenvalue weighted by Crippen LogP contribution is 2.31. The zero-order valence-corrected chi connectivity index (χ0v) is 20.9. The van der Waals surface area contributed by atoms with Gasteiger partial charge < -0.3 is 10.1 Å².